The van der Waals surface area contributed by atoms with Crippen LogP contribution < -0.4 is 0 Å². The Morgan fingerprint density at radius 3 is 2.61 bits per heavy atom. The van der Waals surface area contributed by atoms with Crippen molar-refractivity contribution in [2.24, 2.45) is 7.05 Å². The Bertz CT molecular complexity index is 640. The highest BCUT2D eigenvalue weighted by molar-refractivity contribution is 6.35. The van der Waals surface area contributed by atoms with Gasteiger partial charge in [-0.2, -0.15) is 5.10 Å². The molecule has 0 aliphatic rings. The molecule has 7 heteroatoms. The van der Waals surface area contributed by atoms with E-state index in [2.05, 4.69) is 5.10 Å². The van der Waals surface area contributed by atoms with E-state index in [1.807, 2.05) is 0 Å². The molecule has 1 heterocycles. The van der Waals surface area contributed by atoms with Crippen molar-refractivity contribution in [3.63, 3.8) is 0 Å². The van der Waals surface area contributed by atoms with Gasteiger partial charge >= 0.3 is 5.97 Å². The molecule has 0 bridgehead atoms. The summed E-state index contributed by atoms with van der Waals surface area (Å²) in [5.74, 6) is -1.84. The molecule has 0 aliphatic carbocycles. The van der Waals surface area contributed by atoms with Crippen LogP contribution in [-0.2, 0) is 7.05 Å². The van der Waals surface area contributed by atoms with E-state index in [1.165, 1.54) is 19.2 Å². The molecule has 94 valence electrons. The third-order valence-corrected chi connectivity index (χ3v) is 2.97. The summed E-state index contributed by atoms with van der Waals surface area (Å²) < 4.78 is 14.8. The normalized spacial score (nSPS) is 10.7. The van der Waals surface area contributed by atoms with Gasteiger partial charge in [-0.15, -0.1) is 0 Å². The van der Waals surface area contributed by atoms with E-state index in [9.17, 15) is 9.18 Å². The van der Waals surface area contributed by atoms with Gasteiger partial charge in [-0.05, 0) is 18.2 Å². The molecule has 2 rings (SSSR count). The second kappa shape index (κ2) is 4.59. The molecule has 0 saturated heterocycles. The molecule has 0 amide bonds. The molecule has 1 aromatic heterocycles. The van der Waals surface area contributed by atoms with Crippen LogP contribution in [0.4, 0.5) is 4.39 Å². The number of hydrogen-bond donors (Lipinski definition) is 1. The molecule has 0 saturated carbocycles. The quantitative estimate of drug-likeness (QED) is 0.923. The minimum atomic E-state index is -1.23. The molecule has 1 aromatic carbocycles. The summed E-state index contributed by atoms with van der Waals surface area (Å²) >= 11 is 11.5. The van der Waals surface area contributed by atoms with Gasteiger partial charge in [0, 0.05) is 17.6 Å². The standard InChI is InChI=1S/C11H7Cl2FN2O2/c1-16-10(11(17)18)8(13)9(15-16)6-3-2-5(12)4-7(6)14/h2-4H,1H3,(H,17,18). The maximum Gasteiger partial charge on any atom is 0.355 e. The Balaban J connectivity index is 2.65. The number of carbonyl (C=O) groups is 1. The molecule has 0 spiro atoms. The highest BCUT2D eigenvalue weighted by atomic mass is 35.5. The van der Waals surface area contributed by atoms with E-state index in [0.717, 1.165) is 10.7 Å². The van der Waals surface area contributed by atoms with E-state index in [0.29, 0.717) is 0 Å². The monoisotopic (exact) mass is 288 g/mol. The number of nitrogens with zero attached hydrogens (tertiary/aromatic N) is 2. The SMILES string of the molecule is Cn1nc(-c2ccc(Cl)cc2F)c(Cl)c1C(=O)O. The Kier molecular flexibility index (Phi) is 3.28. The molecule has 2 aromatic rings. The predicted octanol–water partition coefficient (Wildman–Crippen LogP) is 3.23. The Labute approximate surface area is 112 Å². The van der Waals surface area contributed by atoms with Crippen LogP contribution in [0.3, 0.4) is 0 Å². The first-order chi connectivity index (χ1) is 8.41. The first-order valence-electron chi connectivity index (χ1n) is 4.83. The largest absolute Gasteiger partial charge is 0.476 e. The van der Waals surface area contributed by atoms with Crippen LogP contribution in [0.2, 0.25) is 10.0 Å². The molecule has 4 nitrogen and oxygen atoms in total. The van der Waals surface area contributed by atoms with Gasteiger partial charge in [0.1, 0.15) is 16.5 Å². The predicted molar refractivity (Wildman–Crippen MR) is 65.6 cm³/mol. The number of benzene rings is 1. The average Bonchev–Trinajstić information content (AvgIpc) is 2.54. The molecule has 18 heavy (non-hydrogen) atoms. The first kappa shape index (κ1) is 12.9. The lowest BCUT2D eigenvalue weighted by atomic mass is 10.1. The topological polar surface area (TPSA) is 55.1 Å². The second-order valence-corrected chi connectivity index (χ2v) is 4.38. The number of hydrogen-bond acceptors (Lipinski definition) is 2. The van der Waals surface area contributed by atoms with Crippen molar-refractivity contribution >= 4 is 29.2 Å². The summed E-state index contributed by atoms with van der Waals surface area (Å²) in [5, 5.41) is 13.0. The fourth-order valence-electron chi connectivity index (χ4n) is 1.58. The van der Waals surface area contributed by atoms with Gasteiger partial charge in [-0.25, -0.2) is 9.18 Å². The van der Waals surface area contributed by atoms with Crippen LogP contribution in [0.15, 0.2) is 18.2 Å². The van der Waals surface area contributed by atoms with Crippen molar-refractivity contribution in [1.82, 2.24) is 9.78 Å². The number of aromatic nitrogens is 2. The molecular formula is C11H7Cl2FN2O2. The molecule has 0 fully saturated rings. The van der Waals surface area contributed by atoms with Crippen LogP contribution in [0, 0.1) is 5.82 Å². The molecular weight excluding hydrogens is 282 g/mol. The lowest BCUT2D eigenvalue weighted by Crippen LogP contribution is -2.05. The zero-order valence-corrected chi connectivity index (χ0v) is 10.6. The van der Waals surface area contributed by atoms with Crippen molar-refractivity contribution in [3.8, 4) is 11.3 Å². The molecule has 0 aliphatic heterocycles. The van der Waals surface area contributed by atoms with E-state index in [-0.39, 0.29) is 27.0 Å². The van der Waals surface area contributed by atoms with E-state index < -0.39 is 11.8 Å². The van der Waals surface area contributed by atoms with Crippen LogP contribution in [0.1, 0.15) is 10.5 Å². The highest BCUT2D eigenvalue weighted by Gasteiger charge is 2.22. The zero-order valence-electron chi connectivity index (χ0n) is 9.12. The third kappa shape index (κ3) is 2.07. The fourth-order valence-corrected chi connectivity index (χ4v) is 2.09. The van der Waals surface area contributed by atoms with E-state index in [1.54, 1.807) is 0 Å². The number of aromatic carboxylic acids is 1. The van der Waals surface area contributed by atoms with E-state index in [4.69, 9.17) is 28.3 Å². The van der Waals surface area contributed by atoms with Crippen molar-refractivity contribution in [3.05, 3.63) is 39.8 Å². The van der Waals surface area contributed by atoms with E-state index >= 15 is 0 Å². The highest BCUT2D eigenvalue weighted by Crippen LogP contribution is 2.32. The van der Waals surface area contributed by atoms with Crippen molar-refractivity contribution in [2.45, 2.75) is 0 Å². The van der Waals surface area contributed by atoms with Crippen molar-refractivity contribution < 1.29 is 14.3 Å². The van der Waals surface area contributed by atoms with Crippen LogP contribution >= 0.6 is 23.2 Å². The van der Waals surface area contributed by atoms with Crippen LogP contribution in [0.25, 0.3) is 11.3 Å². The molecule has 0 radical (unpaired) electrons. The Hall–Kier alpha value is -1.59. The fraction of sp³-hybridized carbons (Fsp3) is 0.0909. The van der Waals surface area contributed by atoms with Gasteiger partial charge < -0.3 is 5.11 Å². The van der Waals surface area contributed by atoms with Crippen molar-refractivity contribution in [1.29, 1.82) is 0 Å². The van der Waals surface area contributed by atoms with Gasteiger partial charge in [0.05, 0.1) is 0 Å². The third-order valence-electron chi connectivity index (χ3n) is 2.38. The van der Waals surface area contributed by atoms with Gasteiger partial charge in [0.25, 0.3) is 0 Å². The summed E-state index contributed by atoms with van der Waals surface area (Å²) in [7, 11) is 1.42. The molecule has 0 unspecified atom stereocenters. The molecule has 1 N–H and O–H groups in total. The lowest BCUT2D eigenvalue weighted by molar-refractivity contribution is 0.0685. The zero-order chi connectivity index (χ0) is 13.4. The number of carboxylic acids is 1. The number of aryl methyl sites for hydroxylation is 1. The number of rotatable bonds is 2. The minimum absolute atomic E-state index is 0.0748. The van der Waals surface area contributed by atoms with Gasteiger partial charge in [0.15, 0.2) is 5.69 Å². The number of carboxylic acid groups (broad SMARTS) is 1. The number of halogens is 3. The summed E-state index contributed by atoms with van der Waals surface area (Å²) in [6.07, 6.45) is 0. The molecule has 0 atom stereocenters. The summed E-state index contributed by atoms with van der Waals surface area (Å²) in [6, 6.07) is 3.99. The van der Waals surface area contributed by atoms with Crippen LogP contribution in [0.5, 0.6) is 0 Å². The van der Waals surface area contributed by atoms with Gasteiger partial charge in [0.2, 0.25) is 0 Å². The Morgan fingerprint density at radius 2 is 2.11 bits per heavy atom. The second-order valence-electron chi connectivity index (χ2n) is 3.56. The minimum Gasteiger partial charge on any atom is -0.476 e. The van der Waals surface area contributed by atoms with Gasteiger partial charge in [-0.3, -0.25) is 4.68 Å². The van der Waals surface area contributed by atoms with Crippen LogP contribution in [-0.4, -0.2) is 20.9 Å². The average molecular weight is 289 g/mol. The summed E-state index contributed by atoms with van der Waals surface area (Å²) in [4.78, 5) is 11.0. The maximum atomic E-state index is 13.7. The Morgan fingerprint density at radius 1 is 1.44 bits per heavy atom. The smallest absolute Gasteiger partial charge is 0.355 e. The van der Waals surface area contributed by atoms with Crippen molar-refractivity contribution in [2.75, 3.05) is 0 Å². The lowest BCUT2D eigenvalue weighted by Gasteiger charge is -2.00. The maximum absolute atomic E-state index is 13.7. The summed E-state index contributed by atoms with van der Waals surface area (Å²) in [5.41, 5.74) is -0.0146. The van der Waals surface area contributed by atoms with Gasteiger partial charge in [-0.1, -0.05) is 23.2 Å². The first-order valence-corrected chi connectivity index (χ1v) is 5.58. The summed E-state index contributed by atoms with van der Waals surface area (Å²) in [6.45, 7) is 0.